The number of allylic oxidation sites excluding steroid dienone is 2. The van der Waals surface area contributed by atoms with Gasteiger partial charge in [0.05, 0.1) is 0 Å². The summed E-state index contributed by atoms with van der Waals surface area (Å²) in [5.41, 5.74) is -1.58. The molecule has 15 heavy (non-hydrogen) atoms. The first-order valence-corrected chi connectivity index (χ1v) is 5.61. The van der Waals surface area contributed by atoms with Crippen LogP contribution >= 0.6 is 0 Å². The molecule has 0 aromatic rings. The third-order valence-electron chi connectivity index (χ3n) is 3.31. The van der Waals surface area contributed by atoms with Gasteiger partial charge in [-0.25, -0.2) is 4.39 Å². The smallest absolute Gasteiger partial charge is 0.167 e. The number of carbonyl (C=O) groups is 1. The van der Waals surface area contributed by atoms with Crippen LogP contribution in [0.1, 0.15) is 46.0 Å². The normalized spacial score (nSPS) is 32.7. The van der Waals surface area contributed by atoms with Gasteiger partial charge in [-0.2, -0.15) is 0 Å². The van der Waals surface area contributed by atoms with Crippen molar-refractivity contribution >= 4 is 5.78 Å². The highest BCUT2D eigenvalue weighted by Crippen LogP contribution is 2.39. The minimum Gasteiger partial charge on any atom is -0.509 e. The number of alkyl halides is 1. The highest BCUT2D eigenvalue weighted by Gasteiger charge is 2.40. The van der Waals surface area contributed by atoms with Gasteiger partial charge in [0.25, 0.3) is 0 Å². The second-order valence-electron chi connectivity index (χ2n) is 4.23. The van der Waals surface area contributed by atoms with E-state index in [0.717, 1.165) is 0 Å². The molecule has 1 fully saturated rings. The molecule has 1 aliphatic carbocycles. The van der Waals surface area contributed by atoms with Gasteiger partial charge < -0.3 is 5.11 Å². The summed E-state index contributed by atoms with van der Waals surface area (Å²) < 4.78 is 14.1. The maximum absolute atomic E-state index is 14.1. The van der Waals surface area contributed by atoms with Gasteiger partial charge in [-0.3, -0.25) is 4.79 Å². The third-order valence-corrected chi connectivity index (χ3v) is 3.31. The Bertz CT molecular complexity index is 263. The van der Waals surface area contributed by atoms with E-state index in [9.17, 15) is 14.3 Å². The van der Waals surface area contributed by atoms with Crippen molar-refractivity contribution in [3.05, 3.63) is 11.8 Å². The Balaban J connectivity index is 2.59. The van der Waals surface area contributed by atoms with E-state index in [-0.39, 0.29) is 30.3 Å². The number of carbonyl (C=O) groups excluding carboxylic acids is 1. The van der Waals surface area contributed by atoms with E-state index in [4.69, 9.17) is 0 Å². The minimum atomic E-state index is -1.58. The largest absolute Gasteiger partial charge is 0.509 e. The number of ketones is 1. The lowest BCUT2D eigenvalue weighted by atomic mass is 9.77. The molecular formula is C12H19FO2. The van der Waals surface area contributed by atoms with Crippen molar-refractivity contribution in [3.8, 4) is 0 Å². The van der Waals surface area contributed by atoms with Gasteiger partial charge in [0.1, 0.15) is 11.5 Å². The van der Waals surface area contributed by atoms with Crippen LogP contribution in [-0.2, 0) is 4.79 Å². The van der Waals surface area contributed by atoms with E-state index in [1.165, 1.54) is 6.08 Å². The van der Waals surface area contributed by atoms with Crippen molar-refractivity contribution in [1.82, 2.24) is 0 Å². The molecule has 0 aliphatic heterocycles. The Morgan fingerprint density at radius 1 is 1.53 bits per heavy atom. The number of halogens is 1. The highest BCUT2D eigenvalue weighted by atomic mass is 19.1. The van der Waals surface area contributed by atoms with Crippen molar-refractivity contribution in [2.45, 2.75) is 51.6 Å². The van der Waals surface area contributed by atoms with Crippen LogP contribution < -0.4 is 0 Å². The maximum Gasteiger partial charge on any atom is 0.167 e. The van der Waals surface area contributed by atoms with Gasteiger partial charge in [-0.1, -0.05) is 6.92 Å². The van der Waals surface area contributed by atoms with Crippen LogP contribution in [0.25, 0.3) is 0 Å². The van der Waals surface area contributed by atoms with Crippen LogP contribution in [0.15, 0.2) is 11.8 Å². The molecule has 1 rings (SSSR count). The second-order valence-corrected chi connectivity index (χ2v) is 4.23. The zero-order valence-electron chi connectivity index (χ0n) is 9.42. The Morgan fingerprint density at radius 2 is 2.07 bits per heavy atom. The van der Waals surface area contributed by atoms with Crippen LogP contribution in [0, 0.1) is 5.92 Å². The molecule has 0 amide bonds. The number of aliphatic hydroxyl groups is 1. The quantitative estimate of drug-likeness (QED) is 0.732. The molecule has 0 bridgehead atoms. The van der Waals surface area contributed by atoms with E-state index in [2.05, 4.69) is 0 Å². The molecule has 0 spiro atoms. The molecule has 1 N–H and O–H groups in total. The summed E-state index contributed by atoms with van der Waals surface area (Å²) in [4.78, 5) is 11.4. The van der Waals surface area contributed by atoms with Gasteiger partial charge in [0.15, 0.2) is 5.67 Å². The maximum atomic E-state index is 14.1. The monoisotopic (exact) mass is 214 g/mol. The Labute approximate surface area is 90.2 Å². The molecule has 2 nitrogen and oxygen atoms in total. The lowest BCUT2D eigenvalue weighted by molar-refractivity contribution is -0.124. The topological polar surface area (TPSA) is 37.3 Å². The van der Waals surface area contributed by atoms with Gasteiger partial charge in [0.2, 0.25) is 0 Å². The summed E-state index contributed by atoms with van der Waals surface area (Å²) in [5.74, 6) is 0.0467. The predicted molar refractivity (Wildman–Crippen MR) is 57.5 cm³/mol. The van der Waals surface area contributed by atoms with Crippen molar-refractivity contribution < 1.29 is 14.3 Å². The number of rotatable bonds is 3. The summed E-state index contributed by atoms with van der Waals surface area (Å²) in [7, 11) is 0. The molecule has 0 aromatic heterocycles. The highest BCUT2D eigenvalue weighted by molar-refractivity contribution is 5.80. The van der Waals surface area contributed by atoms with Crippen LogP contribution in [0.5, 0.6) is 0 Å². The Morgan fingerprint density at radius 3 is 2.47 bits per heavy atom. The predicted octanol–water partition coefficient (Wildman–Crippen LogP) is 3.33. The zero-order valence-corrected chi connectivity index (χ0v) is 9.42. The number of aliphatic hydroxyl groups excluding tert-OH is 1. The first-order chi connectivity index (χ1) is 7.03. The molecule has 0 unspecified atom stereocenters. The SMILES string of the molecule is CC=C(O)[C@]1(F)CC[C@@H](C(=O)CC)CC1. The summed E-state index contributed by atoms with van der Waals surface area (Å²) in [6.45, 7) is 3.46. The van der Waals surface area contributed by atoms with Crippen LogP contribution in [0.4, 0.5) is 4.39 Å². The lowest BCUT2D eigenvalue weighted by Gasteiger charge is -2.32. The number of hydrogen-bond acceptors (Lipinski definition) is 2. The first kappa shape index (κ1) is 12.2. The van der Waals surface area contributed by atoms with Crippen LogP contribution in [0.2, 0.25) is 0 Å². The molecule has 0 saturated heterocycles. The summed E-state index contributed by atoms with van der Waals surface area (Å²) >= 11 is 0. The lowest BCUT2D eigenvalue weighted by Crippen LogP contribution is -2.33. The molecule has 0 atom stereocenters. The van der Waals surface area contributed by atoms with E-state index < -0.39 is 5.67 Å². The molecule has 86 valence electrons. The second kappa shape index (κ2) is 4.77. The van der Waals surface area contributed by atoms with Gasteiger partial charge in [-0.15, -0.1) is 0 Å². The van der Waals surface area contributed by atoms with Crippen molar-refractivity contribution in [1.29, 1.82) is 0 Å². The number of Topliss-reactive ketones (excluding diaryl/α,β-unsaturated/α-hetero) is 1. The third kappa shape index (κ3) is 2.58. The minimum absolute atomic E-state index is 0.00327. The van der Waals surface area contributed by atoms with E-state index >= 15 is 0 Å². The van der Waals surface area contributed by atoms with Gasteiger partial charge >= 0.3 is 0 Å². The number of hydrogen-bond donors (Lipinski definition) is 1. The van der Waals surface area contributed by atoms with E-state index in [0.29, 0.717) is 19.3 Å². The fourth-order valence-electron chi connectivity index (χ4n) is 2.20. The summed E-state index contributed by atoms with van der Waals surface area (Å²) in [5, 5.41) is 9.43. The zero-order chi connectivity index (χ0) is 11.5. The molecule has 0 radical (unpaired) electrons. The molecular weight excluding hydrogens is 195 g/mol. The van der Waals surface area contributed by atoms with E-state index in [1.54, 1.807) is 6.92 Å². The fourth-order valence-corrected chi connectivity index (χ4v) is 2.20. The van der Waals surface area contributed by atoms with Crippen molar-refractivity contribution in [2.75, 3.05) is 0 Å². The van der Waals surface area contributed by atoms with Crippen LogP contribution in [-0.4, -0.2) is 16.6 Å². The molecule has 0 heterocycles. The molecule has 0 aromatic carbocycles. The van der Waals surface area contributed by atoms with Crippen molar-refractivity contribution in [3.63, 3.8) is 0 Å². The summed E-state index contributed by atoms with van der Waals surface area (Å²) in [6.07, 6.45) is 3.57. The molecule has 1 aliphatic rings. The standard InChI is InChI=1S/C12H19FO2/c1-3-10(14)9-5-7-12(13,8-6-9)11(15)4-2/h4,9,15H,3,5-8H2,1-2H3/t9-,12+. The first-order valence-electron chi connectivity index (χ1n) is 5.61. The van der Waals surface area contributed by atoms with E-state index in [1.807, 2.05) is 6.92 Å². The molecule has 3 heteroatoms. The average Bonchev–Trinajstić information content (AvgIpc) is 2.28. The van der Waals surface area contributed by atoms with Gasteiger partial charge in [-0.05, 0) is 38.7 Å². The Hall–Kier alpha value is -0.860. The van der Waals surface area contributed by atoms with Crippen LogP contribution in [0.3, 0.4) is 0 Å². The molecule has 1 saturated carbocycles. The average molecular weight is 214 g/mol. The fraction of sp³-hybridized carbons (Fsp3) is 0.750. The Kier molecular flexibility index (Phi) is 3.89. The van der Waals surface area contributed by atoms with Gasteiger partial charge in [0, 0.05) is 12.3 Å². The van der Waals surface area contributed by atoms with Crippen molar-refractivity contribution in [2.24, 2.45) is 5.92 Å². The summed E-state index contributed by atoms with van der Waals surface area (Å²) in [6, 6.07) is 0.